The molecule has 0 aliphatic carbocycles. The average Bonchev–Trinajstić information content (AvgIpc) is 2.32. The van der Waals surface area contributed by atoms with Crippen LogP contribution in [0, 0.1) is 6.92 Å². The number of benzene rings is 2. The van der Waals surface area contributed by atoms with Gasteiger partial charge in [-0.25, -0.2) is 0 Å². The van der Waals surface area contributed by atoms with E-state index in [4.69, 9.17) is 11.6 Å². The van der Waals surface area contributed by atoms with Crippen molar-refractivity contribution < 1.29 is 4.79 Å². The third kappa shape index (κ3) is 2.15. The lowest BCUT2D eigenvalue weighted by molar-refractivity contribution is 0.112. The zero-order valence-electron chi connectivity index (χ0n) is 8.91. The van der Waals surface area contributed by atoms with Gasteiger partial charge in [0.05, 0.1) is 0 Å². The lowest BCUT2D eigenvalue weighted by atomic mass is 10.0. The molecule has 2 aromatic carbocycles. The highest BCUT2D eigenvalue weighted by Crippen LogP contribution is 2.29. The van der Waals surface area contributed by atoms with Gasteiger partial charge in [-0.2, -0.15) is 0 Å². The molecule has 0 bridgehead atoms. The van der Waals surface area contributed by atoms with Crippen molar-refractivity contribution in [2.24, 2.45) is 0 Å². The van der Waals surface area contributed by atoms with Crippen molar-refractivity contribution >= 4 is 17.9 Å². The van der Waals surface area contributed by atoms with Crippen LogP contribution < -0.4 is 0 Å². The zero-order chi connectivity index (χ0) is 11.5. The van der Waals surface area contributed by atoms with Gasteiger partial charge in [0, 0.05) is 16.1 Å². The van der Waals surface area contributed by atoms with Gasteiger partial charge in [-0.05, 0) is 30.7 Å². The van der Waals surface area contributed by atoms with E-state index in [2.05, 4.69) is 0 Å². The molecule has 0 saturated heterocycles. The van der Waals surface area contributed by atoms with Crippen LogP contribution in [0.1, 0.15) is 15.9 Å². The van der Waals surface area contributed by atoms with E-state index in [9.17, 15) is 4.79 Å². The van der Waals surface area contributed by atoms with Gasteiger partial charge < -0.3 is 0 Å². The summed E-state index contributed by atoms with van der Waals surface area (Å²) in [5.41, 5.74) is 3.75. The number of hydrogen-bond donors (Lipinski definition) is 0. The van der Waals surface area contributed by atoms with Gasteiger partial charge in [-0.1, -0.05) is 41.4 Å². The Labute approximate surface area is 99.7 Å². The molecule has 2 rings (SSSR count). The molecule has 0 fully saturated rings. The van der Waals surface area contributed by atoms with E-state index < -0.39 is 0 Å². The Morgan fingerprint density at radius 1 is 1.12 bits per heavy atom. The second-order valence-electron chi connectivity index (χ2n) is 3.73. The summed E-state index contributed by atoms with van der Waals surface area (Å²) in [4.78, 5) is 10.7. The smallest absolute Gasteiger partial charge is 0.150 e. The van der Waals surface area contributed by atoms with Gasteiger partial charge in [-0.15, -0.1) is 0 Å². The molecule has 2 heteroatoms. The minimum Gasteiger partial charge on any atom is -0.298 e. The lowest BCUT2D eigenvalue weighted by Crippen LogP contribution is -1.84. The minimum absolute atomic E-state index is 0.662. The predicted molar refractivity (Wildman–Crippen MR) is 67.0 cm³/mol. The summed E-state index contributed by atoms with van der Waals surface area (Å²) in [6, 6.07) is 13.3. The molecule has 0 amide bonds. The fraction of sp³-hybridized carbons (Fsp3) is 0.0714. The van der Waals surface area contributed by atoms with E-state index in [0.717, 1.165) is 23.0 Å². The van der Waals surface area contributed by atoms with Crippen LogP contribution in [-0.4, -0.2) is 6.29 Å². The normalized spacial score (nSPS) is 10.1. The maximum absolute atomic E-state index is 10.7. The molecule has 0 heterocycles. The fourth-order valence-corrected chi connectivity index (χ4v) is 1.87. The second kappa shape index (κ2) is 4.50. The van der Waals surface area contributed by atoms with Gasteiger partial charge in [0.2, 0.25) is 0 Å². The molecule has 2 aromatic rings. The Hall–Kier alpha value is -1.60. The van der Waals surface area contributed by atoms with E-state index in [1.54, 1.807) is 6.07 Å². The Balaban J connectivity index is 2.57. The monoisotopic (exact) mass is 230 g/mol. The lowest BCUT2D eigenvalue weighted by Gasteiger charge is -2.06. The Morgan fingerprint density at radius 3 is 2.69 bits per heavy atom. The van der Waals surface area contributed by atoms with Crippen LogP contribution in [0.3, 0.4) is 0 Å². The Morgan fingerprint density at radius 2 is 1.94 bits per heavy atom. The van der Waals surface area contributed by atoms with Crippen LogP contribution in [-0.2, 0) is 0 Å². The van der Waals surface area contributed by atoms with E-state index in [1.165, 1.54) is 0 Å². The Kier molecular flexibility index (Phi) is 3.07. The van der Waals surface area contributed by atoms with Crippen LogP contribution in [0.25, 0.3) is 11.1 Å². The number of rotatable bonds is 2. The minimum atomic E-state index is 0.662. The van der Waals surface area contributed by atoms with Gasteiger partial charge in [0.1, 0.15) is 6.29 Å². The number of halogens is 1. The second-order valence-corrected chi connectivity index (χ2v) is 4.13. The zero-order valence-corrected chi connectivity index (χ0v) is 9.66. The van der Waals surface area contributed by atoms with Crippen molar-refractivity contribution in [3.05, 3.63) is 58.6 Å². The molecule has 80 valence electrons. The molecule has 0 radical (unpaired) electrons. The molecular formula is C14H11ClO. The molecule has 0 saturated carbocycles. The highest BCUT2D eigenvalue weighted by Gasteiger charge is 2.04. The number of aldehydes is 1. The van der Waals surface area contributed by atoms with Crippen molar-refractivity contribution in [2.45, 2.75) is 6.92 Å². The number of carbonyl (C=O) groups is 1. The standard InChI is InChI=1S/C14H11ClO/c1-10-5-6-14(15)13(7-10)12-4-2-3-11(8-12)9-16/h2-9H,1H3. The largest absolute Gasteiger partial charge is 0.298 e. The summed E-state index contributed by atoms with van der Waals surface area (Å²) in [6.07, 6.45) is 0.840. The predicted octanol–water partition coefficient (Wildman–Crippen LogP) is 4.13. The summed E-state index contributed by atoms with van der Waals surface area (Å²) in [5.74, 6) is 0. The maximum atomic E-state index is 10.7. The molecule has 16 heavy (non-hydrogen) atoms. The van der Waals surface area contributed by atoms with Crippen LogP contribution in [0.15, 0.2) is 42.5 Å². The molecule has 0 aromatic heterocycles. The molecule has 0 aliphatic heterocycles. The van der Waals surface area contributed by atoms with E-state index in [1.807, 2.05) is 43.3 Å². The van der Waals surface area contributed by atoms with Crippen LogP contribution in [0.2, 0.25) is 5.02 Å². The third-order valence-electron chi connectivity index (χ3n) is 2.46. The number of aryl methyl sites for hydroxylation is 1. The van der Waals surface area contributed by atoms with Gasteiger partial charge in [-0.3, -0.25) is 4.79 Å². The molecule has 0 N–H and O–H groups in total. The molecule has 0 spiro atoms. The van der Waals surface area contributed by atoms with Gasteiger partial charge in [0.15, 0.2) is 0 Å². The fourth-order valence-electron chi connectivity index (χ4n) is 1.64. The van der Waals surface area contributed by atoms with Crippen molar-refractivity contribution in [1.29, 1.82) is 0 Å². The van der Waals surface area contributed by atoms with Gasteiger partial charge in [0.25, 0.3) is 0 Å². The SMILES string of the molecule is Cc1ccc(Cl)c(-c2cccc(C=O)c2)c1. The van der Waals surface area contributed by atoms with E-state index in [0.29, 0.717) is 10.6 Å². The van der Waals surface area contributed by atoms with Crippen molar-refractivity contribution in [3.8, 4) is 11.1 Å². The first-order valence-corrected chi connectivity index (χ1v) is 5.40. The van der Waals surface area contributed by atoms with E-state index in [-0.39, 0.29) is 0 Å². The molecular weight excluding hydrogens is 220 g/mol. The average molecular weight is 231 g/mol. The van der Waals surface area contributed by atoms with Crippen molar-refractivity contribution in [1.82, 2.24) is 0 Å². The highest BCUT2D eigenvalue weighted by molar-refractivity contribution is 6.33. The number of hydrogen-bond acceptors (Lipinski definition) is 1. The topological polar surface area (TPSA) is 17.1 Å². The number of carbonyl (C=O) groups excluding carboxylic acids is 1. The maximum Gasteiger partial charge on any atom is 0.150 e. The summed E-state index contributed by atoms with van der Waals surface area (Å²) < 4.78 is 0. The molecule has 0 unspecified atom stereocenters. The molecule has 1 nitrogen and oxygen atoms in total. The highest BCUT2D eigenvalue weighted by atomic mass is 35.5. The van der Waals surface area contributed by atoms with Crippen molar-refractivity contribution in [3.63, 3.8) is 0 Å². The van der Waals surface area contributed by atoms with Crippen LogP contribution >= 0.6 is 11.6 Å². The summed E-state index contributed by atoms with van der Waals surface area (Å²) in [6.45, 7) is 2.02. The molecule has 0 atom stereocenters. The quantitative estimate of drug-likeness (QED) is 0.709. The van der Waals surface area contributed by atoms with Crippen LogP contribution in [0.4, 0.5) is 0 Å². The Bertz CT molecular complexity index is 532. The van der Waals surface area contributed by atoms with Gasteiger partial charge >= 0.3 is 0 Å². The summed E-state index contributed by atoms with van der Waals surface area (Å²) in [7, 11) is 0. The first-order chi connectivity index (χ1) is 7.70. The molecule has 0 aliphatic rings. The third-order valence-corrected chi connectivity index (χ3v) is 2.79. The summed E-state index contributed by atoms with van der Waals surface area (Å²) >= 11 is 6.14. The van der Waals surface area contributed by atoms with Crippen LogP contribution in [0.5, 0.6) is 0 Å². The first-order valence-electron chi connectivity index (χ1n) is 5.02. The first kappa shape index (κ1) is 10.9. The van der Waals surface area contributed by atoms with E-state index >= 15 is 0 Å². The summed E-state index contributed by atoms with van der Waals surface area (Å²) in [5, 5.41) is 0.702. The van der Waals surface area contributed by atoms with Crippen molar-refractivity contribution in [2.75, 3.05) is 0 Å².